The maximum absolute atomic E-state index is 5.86. The normalized spacial score (nSPS) is 34.4. The van der Waals surface area contributed by atoms with Crippen molar-refractivity contribution in [2.45, 2.75) is 148 Å². The van der Waals surface area contributed by atoms with Gasteiger partial charge in [0.25, 0.3) is 0 Å². The molecule has 6 fully saturated rings. The van der Waals surface area contributed by atoms with Crippen molar-refractivity contribution in [1.82, 2.24) is 0 Å². The quantitative estimate of drug-likeness (QED) is 0.315. The van der Waals surface area contributed by atoms with Crippen LogP contribution in [0.4, 0.5) is 0 Å². The smallest absolute Gasteiger partial charge is 0.168 e. The Hall–Kier alpha value is -0.420. The second-order valence-corrected chi connectivity index (χ2v) is 15.2. The van der Waals surface area contributed by atoms with Gasteiger partial charge in [-0.25, -0.2) is 0 Å². The second kappa shape index (κ2) is 14.4. The van der Waals surface area contributed by atoms with Crippen LogP contribution in [0.25, 0.3) is 0 Å². The highest BCUT2D eigenvalue weighted by atomic mass is 16.7. The molecule has 0 aromatic heterocycles. The van der Waals surface area contributed by atoms with E-state index < -0.39 is 0 Å². The Labute approximate surface area is 246 Å². The molecular weight excluding hydrogens is 496 g/mol. The van der Waals surface area contributed by atoms with Gasteiger partial charge in [-0.05, 0) is 112 Å². The number of ether oxygens (including phenoxy) is 4. The molecule has 2 saturated heterocycles. The minimum atomic E-state index is -0.173. The molecule has 0 atom stereocenters. The molecule has 0 unspecified atom stereocenters. The topological polar surface area (TPSA) is 36.9 Å². The van der Waals surface area contributed by atoms with E-state index in [1.807, 2.05) is 0 Å². The van der Waals surface area contributed by atoms with Crippen LogP contribution in [0.1, 0.15) is 137 Å². The number of rotatable bonds is 5. The monoisotopic (exact) mass is 558 g/mol. The summed E-state index contributed by atoms with van der Waals surface area (Å²) in [6, 6.07) is 0. The average molecular weight is 559 g/mol. The zero-order valence-electron chi connectivity index (χ0n) is 26.6. The third-order valence-electron chi connectivity index (χ3n) is 11.5. The number of allylic oxidation sites excluding steroid dienone is 2. The largest absolute Gasteiger partial charge is 0.348 e. The molecule has 4 heteroatoms. The third kappa shape index (κ3) is 8.35. The van der Waals surface area contributed by atoms with Gasteiger partial charge in [-0.3, -0.25) is 0 Å². The van der Waals surface area contributed by atoms with Crippen molar-refractivity contribution in [1.29, 1.82) is 0 Å². The molecule has 2 aliphatic heterocycles. The van der Waals surface area contributed by atoms with Gasteiger partial charge in [0.05, 0.1) is 26.4 Å². The van der Waals surface area contributed by atoms with Crippen molar-refractivity contribution in [3.05, 3.63) is 11.6 Å². The molecule has 40 heavy (non-hydrogen) atoms. The van der Waals surface area contributed by atoms with Crippen LogP contribution in [0.5, 0.6) is 0 Å². The predicted molar refractivity (Wildman–Crippen MR) is 163 cm³/mol. The summed E-state index contributed by atoms with van der Waals surface area (Å²) < 4.78 is 23.4. The molecule has 4 saturated carbocycles. The van der Waals surface area contributed by atoms with E-state index in [9.17, 15) is 0 Å². The van der Waals surface area contributed by atoms with Crippen LogP contribution in [0.3, 0.4) is 0 Å². The fourth-order valence-corrected chi connectivity index (χ4v) is 9.36. The van der Waals surface area contributed by atoms with Crippen molar-refractivity contribution in [2.75, 3.05) is 26.4 Å². The lowest BCUT2D eigenvalue weighted by molar-refractivity contribution is -0.185. The standard InChI is InChI=1S/C18H32O2.C18H30O2/c2*1-14(2)13-15-3-5-16(6-4-15)17-7-9-18(10-8-17)19-11-12-20-18/h14-17H,3-13H2,1-2H3;13-14,16-17H,3-12H2,1-2H3. The first-order valence-electron chi connectivity index (χ1n) is 17.6. The van der Waals surface area contributed by atoms with Gasteiger partial charge >= 0.3 is 0 Å². The molecule has 4 nitrogen and oxygen atoms in total. The lowest BCUT2D eigenvalue weighted by atomic mass is 9.69. The van der Waals surface area contributed by atoms with Crippen LogP contribution in [0.2, 0.25) is 0 Å². The fraction of sp³-hybridized carbons (Fsp3) is 0.944. The lowest BCUT2D eigenvalue weighted by Gasteiger charge is -2.41. The zero-order valence-corrected chi connectivity index (χ0v) is 26.6. The van der Waals surface area contributed by atoms with E-state index in [0.29, 0.717) is 5.92 Å². The molecule has 0 bridgehead atoms. The Morgan fingerprint density at radius 3 is 1.38 bits per heavy atom. The van der Waals surface area contributed by atoms with E-state index >= 15 is 0 Å². The lowest BCUT2D eigenvalue weighted by Crippen LogP contribution is -2.37. The zero-order chi connectivity index (χ0) is 28.0. The average Bonchev–Trinajstić information content (AvgIpc) is 3.60. The summed E-state index contributed by atoms with van der Waals surface area (Å²) in [5, 5.41) is 0. The molecule has 0 N–H and O–H groups in total. The molecule has 0 amide bonds. The van der Waals surface area contributed by atoms with Gasteiger partial charge in [0.1, 0.15) is 0 Å². The molecule has 2 spiro atoms. The van der Waals surface area contributed by atoms with Crippen LogP contribution in [-0.2, 0) is 18.9 Å². The van der Waals surface area contributed by atoms with Gasteiger partial charge in [0.2, 0.25) is 0 Å². The molecule has 4 aliphatic carbocycles. The Morgan fingerprint density at radius 2 is 0.975 bits per heavy atom. The van der Waals surface area contributed by atoms with E-state index in [-0.39, 0.29) is 11.6 Å². The number of hydrogen-bond donors (Lipinski definition) is 0. The maximum atomic E-state index is 5.86. The maximum Gasteiger partial charge on any atom is 0.168 e. The summed E-state index contributed by atoms with van der Waals surface area (Å²) in [4.78, 5) is 0. The van der Waals surface area contributed by atoms with Crippen molar-refractivity contribution < 1.29 is 18.9 Å². The van der Waals surface area contributed by atoms with E-state index in [2.05, 4.69) is 33.8 Å². The second-order valence-electron chi connectivity index (χ2n) is 15.2. The summed E-state index contributed by atoms with van der Waals surface area (Å²) in [7, 11) is 0. The molecule has 230 valence electrons. The van der Waals surface area contributed by atoms with Crippen LogP contribution < -0.4 is 0 Å². The van der Waals surface area contributed by atoms with E-state index in [4.69, 9.17) is 18.9 Å². The first kappa shape index (κ1) is 31.0. The molecule has 0 radical (unpaired) electrons. The van der Waals surface area contributed by atoms with E-state index in [1.165, 1.54) is 83.5 Å². The minimum Gasteiger partial charge on any atom is -0.348 e. The van der Waals surface area contributed by atoms with Crippen molar-refractivity contribution in [3.63, 3.8) is 0 Å². The van der Waals surface area contributed by atoms with Crippen LogP contribution in [-0.4, -0.2) is 38.0 Å². The molecule has 0 aromatic carbocycles. The van der Waals surface area contributed by atoms with Gasteiger partial charge in [-0.2, -0.15) is 0 Å². The Bertz CT molecular complexity index is 753. The van der Waals surface area contributed by atoms with Gasteiger partial charge in [-0.15, -0.1) is 0 Å². The first-order valence-corrected chi connectivity index (χ1v) is 17.6. The molecule has 2 heterocycles. The SMILES string of the molecule is CC(C)C=C1CCC(C2CCC3(CC2)OCCO3)CC1.CC(C)CC1CCC(C2CCC3(CC2)OCCO3)CC1. The molecule has 6 aliphatic rings. The summed E-state index contributed by atoms with van der Waals surface area (Å²) in [6.45, 7) is 12.6. The third-order valence-corrected chi connectivity index (χ3v) is 11.5. The van der Waals surface area contributed by atoms with Crippen LogP contribution in [0.15, 0.2) is 11.6 Å². The first-order chi connectivity index (χ1) is 19.3. The van der Waals surface area contributed by atoms with Gasteiger partial charge in [0, 0.05) is 25.7 Å². The number of hydrogen-bond acceptors (Lipinski definition) is 4. The van der Waals surface area contributed by atoms with Crippen molar-refractivity contribution >= 4 is 0 Å². The van der Waals surface area contributed by atoms with Crippen molar-refractivity contribution in [3.8, 4) is 0 Å². The molecule has 0 aromatic rings. The predicted octanol–water partition coefficient (Wildman–Crippen LogP) is 9.46. The highest BCUT2D eigenvalue weighted by Crippen LogP contribution is 2.46. The molecular formula is C36H62O4. The van der Waals surface area contributed by atoms with E-state index in [0.717, 1.165) is 87.6 Å². The summed E-state index contributed by atoms with van der Waals surface area (Å²) in [5.74, 6) is 6.11. The highest BCUT2D eigenvalue weighted by molar-refractivity contribution is 5.07. The minimum absolute atomic E-state index is 0.161. The Balaban J connectivity index is 0.000000161. The van der Waals surface area contributed by atoms with Gasteiger partial charge in [-0.1, -0.05) is 52.2 Å². The van der Waals surface area contributed by atoms with E-state index in [1.54, 1.807) is 5.57 Å². The highest BCUT2D eigenvalue weighted by Gasteiger charge is 2.43. The fourth-order valence-electron chi connectivity index (χ4n) is 9.36. The summed E-state index contributed by atoms with van der Waals surface area (Å²) in [5.41, 5.74) is 1.71. The van der Waals surface area contributed by atoms with Crippen LogP contribution >= 0.6 is 0 Å². The van der Waals surface area contributed by atoms with Gasteiger partial charge < -0.3 is 18.9 Å². The molecule has 6 rings (SSSR count). The summed E-state index contributed by atoms with van der Waals surface area (Å²) >= 11 is 0. The Morgan fingerprint density at radius 1 is 0.575 bits per heavy atom. The summed E-state index contributed by atoms with van der Waals surface area (Å²) in [6.07, 6.45) is 25.2. The van der Waals surface area contributed by atoms with Gasteiger partial charge in [0.15, 0.2) is 11.6 Å². The van der Waals surface area contributed by atoms with Crippen molar-refractivity contribution in [2.24, 2.45) is 41.4 Å². The Kier molecular flexibility index (Phi) is 11.1. The van der Waals surface area contributed by atoms with Crippen LogP contribution in [0, 0.1) is 41.4 Å².